The fourth-order valence-corrected chi connectivity index (χ4v) is 10.9. The highest BCUT2D eigenvalue weighted by molar-refractivity contribution is 6.28. The lowest BCUT2D eigenvalue weighted by atomic mass is 9.86. The van der Waals surface area contributed by atoms with Gasteiger partial charge in [-0.2, -0.15) is 0 Å². The first-order chi connectivity index (χ1) is 33.2. The van der Waals surface area contributed by atoms with Crippen molar-refractivity contribution in [2.24, 2.45) is 0 Å². The number of rotatable bonds is 5. The molecule has 0 N–H and O–H groups in total. The van der Waals surface area contributed by atoms with E-state index in [1.165, 1.54) is 70.7 Å². The Kier molecular flexibility index (Phi) is 8.32. The molecule has 0 saturated heterocycles. The molecule has 310 valence electrons. The van der Waals surface area contributed by atoms with Crippen molar-refractivity contribution in [2.45, 2.75) is 0 Å². The first-order valence-corrected chi connectivity index (χ1v) is 23.0. The summed E-state index contributed by atoms with van der Waals surface area (Å²) in [6.07, 6.45) is 0. The smallest absolute Gasteiger partial charge is 0.136 e. The quantitative estimate of drug-likeness (QED) is 0.161. The van der Waals surface area contributed by atoms with Gasteiger partial charge in [-0.3, -0.25) is 0 Å². The van der Waals surface area contributed by atoms with Crippen molar-refractivity contribution >= 4 is 86.7 Å². The molecule has 67 heavy (non-hydrogen) atoms. The van der Waals surface area contributed by atoms with Gasteiger partial charge in [-0.15, -0.1) is 0 Å². The number of para-hydroxylation sites is 2. The third-order valence-corrected chi connectivity index (χ3v) is 14.0. The molecule has 0 radical (unpaired) electrons. The summed E-state index contributed by atoms with van der Waals surface area (Å²) in [6.45, 7) is 0. The van der Waals surface area contributed by atoms with E-state index >= 15 is 0 Å². The van der Waals surface area contributed by atoms with Crippen molar-refractivity contribution in [1.29, 1.82) is 0 Å². The Balaban J connectivity index is 1.03. The fourth-order valence-electron chi connectivity index (χ4n) is 10.9. The summed E-state index contributed by atoms with van der Waals surface area (Å²) in [5, 5.41) is 15.6. The summed E-state index contributed by atoms with van der Waals surface area (Å²) >= 11 is 0. The maximum absolute atomic E-state index is 6.72. The van der Waals surface area contributed by atoms with E-state index in [9.17, 15) is 0 Å². The average Bonchev–Trinajstić information content (AvgIpc) is 3.78. The minimum Gasteiger partial charge on any atom is -0.456 e. The summed E-state index contributed by atoms with van der Waals surface area (Å²) < 4.78 is 6.72. The van der Waals surface area contributed by atoms with E-state index in [4.69, 9.17) is 9.40 Å². The van der Waals surface area contributed by atoms with Gasteiger partial charge in [-0.05, 0) is 131 Å². The summed E-state index contributed by atoms with van der Waals surface area (Å²) in [6, 6.07) is 86.1. The molecule has 12 aromatic carbocycles. The molecule has 14 aromatic rings. The number of benzene rings is 12. The second-order valence-electron chi connectivity index (χ2n) is 17.7. The number of nitrogens with zero attached hydrogens (tertiary/aromatic N) is 1. The third kappa shape index (κ3) is 5.93. The zero-order valence-electron chi connectivity index (χ0n) is 36.4. The summed E-state index contributed by atoms with van der Waals surface area (Å²) in [5.74, 6) is 0. The van der Waals surface area contributed by atoms with E-state index in [-0.39, 0.29) is 0 Å². The van der Waals surface area contributed by atoms with Gasteiger partial charge in [0.15, 0.2) is 0 Å². The maximum atomic E-state index is 6.72. The number of pyridine rings is 1. The van der Waals surface area contributed by atoms with Crippen LogP contribution in [0.5, 0.6) is 0 Å². The largest absolute Gasteiger partial charge is 0.456 e. The van der Waals surface area contributed by atoms with E-state index in [1.54, 1.807) is 0 Å². The Hall–Kier alpha value is -8.85. The predicted octanol–water partition coefficient (Wildman–Crippen LogP) is 18.2. The molecule has 0 aliphatic heterocycles. The van der Waals surface area contributed by atoms with Gasteiger partial charge in [-0.25, -0.2) is 4.98 Å². The molecular formula is C65H39NO. The fraction of sp³-hybridized carbons (Fsp3) is 0. The van der Waals surface area contributed by atoms with Crippen molar-refractivity contribution in [3.63, 3.8) is 0 Å². The molecule has 0 aliphatic rings. The van der Waals surface area contributed by atoms with Gasteiger partial charge in [0.1, 0.15) is 11.2 Å². The van der Waals surface area contributed by atoms with Crippen molar-refractivity contribution in [1.82, 2.24) is 4.98 Å². The second-order valence-corrected chi connectivity index (χ2v) is 17.7. The van der Waals surface area contributed by atoms with Gasteiger partial charge in [-0.1, -0.05) is 188 Å². The summed E-state index contributed by atoms with van der Waals surface area (Å²) in [7, 11) is 0. The molecule has 0 amide bonds. The number of furan rings is 1. The van der Waals surface area contributed by atoms with Crippen molar-refractivity contribution < 1.29 is 4.42 Å². The highest BCUT2D eigenvalue weighted by atomic mass is 16.3. The molecule has 0 spiro atoms. The van der Waals surface area contributed by atoms with Gasteiger partial charge in [0.2, 0.25) is 0 Å². The molecule has 2 aromatic heterocycles. The van der Waals surface area contributed by atoms with Crippen LogP contribution in [0.1, 0.15) is 0 Å². The Labute approximate surface area is 386 Å². The maximum Gasteiger partial charge on any atom is 0.136 e. The zero-order chi connectivity index (χ0) is 44.0. The van der Waals surface area contributed by atoms with E-state index < -0.39 is 0 Å². The van der Waals surface area contributed by atoms with E-state index in [1.807, 2.05) is 0 Å². The van der Waals surface area contributed by atoms with Crippen molar-refractivity contribution in [3.8, 4) is 55.8 Å². The standard InChI is InChI=1S/C65H39NO/c1-2-16-42(17-3-1)65-58-39-61-64(55-27-13-15-29-60(55)67-61)62(63(58)54-26-12-14-28-59(54)66-65)41-32-30-40(31-33-41)45-34-46(56-37-43-18-4-6-20-48(43)50-22-8-10-24-52(50)56)36-47(35-45)57-38-44-19-5-7-21-49(44)51-23-9-11-25-53(51)57/h1-39H. The zero-order valence-corrected chi connectivity index (χ0v) is 36.4. The topological polar surface area (TPSA) is 26.0 Å². The first-order valence-electron chi connectivity index (χ1n) is 23.0. The summed E-state index contributed by atoms with van der Waals surface area (Å²) in [5.41, 5.74) is 14.1. The highest BCUT2D eigenvalue weighted by Crippen LogP contribution is 2.47. The van der Waals surface area contributed by atoms with Crippen molar-refractivity contribution in [3.05, 3.63) is 237 Å². The lowest BCUT2D eigenvalue weighted by molar-refractivity contribution is 0.669. The second kappa shape index (κ2) is 14.9. The lowest BCUT2D eigenvalue weighted by Gasteiger charge is -2.17. The molecule has 0 aliphatic carbocycles. The molecular weight excluding hydrogens is 811 g/mol. The monoisotopic (exact) mass is 849 g/mol. The van der Waals surface area contributed by atoms with Crippen molar-refractivity contribution in [2.75, 3.05) is 0 Å². The van der Waals surface area contributed by atoms with Crippen LogP contribution in [-0.2, 0) is 0 Å². The van der Waals surface area contributed by atoms with Crippen LogP contribution in [0.25, 0.3) is 142 Å². The third-order valence-electron chi connectivity index (χ3n) is 14.0. The van der Waals surface area contributed by atoms with Crippen LogP contribution in [0.4, 0.5) is 0 Å². The van der Waals surface area contributed by atoms with E-state index in [2.05, 4.69) is 237 Å². The molecule has 2 heterocycles. The number of fused-ring (bicyclic) bond motifs is 12. The summed E-state index contributed by atoms with van der Waals surface area (Å²) in [4.78, 5) is 5.32. The normalized spacial score (nSPS) is 11.9. The van der Waals surface area contributed by atoms with Crippen LogP contribution >= 0.6 is 0 Å². The average molecular weight is 850 g/mol. The number of hydrogen-bond donors (Lipinski definition) is 0. The molecule has 0 atom stereocenters. The minimum atomic E-state index is 0.851. The van der Waals surface area contributed by atoms with Crippen LogP contribution in [0.2, 0.25) is 0 Å². The number of aromatic nitrogens is 1. The number of hydrogen-bond acceptors (Lipinski definition) is 2. The van der Waals surface area contributed by atoms with E-state index in [0.29, 0.717) is 0 Å². The molecule has 2 nitrogen and oxygen atoms in total. The molecule has 0 fully saturated rings. The molecule has 14 rings (SSSR count). The van der Waals surface area contributed by atoms with Gasteiger partial charge in [0, 0.05) is 38.1 Å². The molecule has 0 unspecified atom stereocenters. The predicted molar refractivity (Wildman–Crippen MR) is 284 cm³/mol. The van der Waals surface area contributed by atoms with Gasteiger partial charge in [0.05, 0.1) is 11.2 Å². The van der Waals surface area contributed by atoms with E-state index in [0.717, 1.165) is 71.7 Å². The van der Waals surface area contributed by atoms with Crippen LogP contribution in [0.3, 0.4) is 0 Å². The lowest BCUT2D eigenvalue weighted by Crippen LogP contribution is -1.93. The first kappa shape index (κ1) is 37.5. The van der Waals surface area contributed by atoms with Crippen LogP contribution in [0, 0.1) is 0 Å². The molecule has 2 heteroatoms. The van der Waals surface area contributed by atoms with Crippen LogP contribution < -0.4 is 0 Å². The Bertz CT molecular complexity index is 4180. The van der Waals surface area contributed by atoms with Gasteiger partial charge in [0.25, 0.3) is 0 Å². The van der Waals surface area contributed by atoms with Gasteiger partial charge >= 0.3 is 0 Å². The Morgan fingerprint density at radius 1 is 0.269 bits per heavy atom. The Morgan fingerprint density at radius 2 is 0.761 bits per heavy atom. The molecule has 0 saturated carbocycles. The highest BCUT2D eigenvalue weighted by Gasteiger charge is 2.22. The Morgan fingerprint density at radius 3 is 1.40 bits per heavy atom. The minimum absolute atomic E-state index is 0.851. The van der Waals surface area contributed by atoms with Gasteiger partial charge < -0.3 is 4.42 Å². The SMILES string of the molecule is c1ccc(-c2nc3ccccc3c3c(-c4ccc(-c5cc(-c6cc7ccccc7c7ccccc67)cc(-c6cc7ccccc7c7ccccc67)c5)cc4)c4c(cc23)oc2ccccc24)cc1. The van der Waals surface area contributed by atoms with Crippen LogP contribution in [-0.4, -0.2) is 4.98 Å². The van der Waals surface area contributed by atoms with Crippen LogP contribution in [0.15, 0.2) is 241 Å². The molecule has 0 bridgehead atoms.